The first-order valence-electron chi connectivity index (χ1n) is 5.14. The highest BCUT2D eigenvalue weighted by molar-refractivity contribution is 5.34. The van der Waals surface area contributed by atoms with E-state index < -0.39 is 36.7 Å². The number of aliphatic hydroxyl groups is 3. The molecule has 7 heteroatoms. The molecule has 2 heterocycles. The van der Waals surface area contributed by atoms with Gasteiger partial charge in [-0.15, -0.1) is 0 Å². The summed E-state index contributed by atoms with van der Waals surface area (Å²) in [4.78, 5) is 11.6. The highest BCUT2D eigenvalue weighted by Gasteiger charge is 2.43. The summed E-state index contributed by atoms with van der Waals surface area (Å²) < 4.78 is 6.34. The number of ether oxygens (including phenoxy) is 1. The Balaban J connectivity index is 2.32. The fourth-order valence-electron chi connectivity index (χ4n) is 1.83. The summed E-state index contributed by atoms with van der Waals surface area (Å²) in [6.45, 7) is -0.432. The SMILES string of the molecule is Nc1ccn([C@@H]2O[C@@H](CO)[C@H](O)[C@H]2O)c(=O)c1. The summed E-state index contributed by atoms with van der Waals surface area (Å²) in [7, 11) is 0. The molecule has 1 saturated heterocycles. The second-order valence-electron chi connectivity index (χ2n) is 3.93. The molecule has 0 bridgehead atoms. The van der Waals surface area contributed by atoms with Crippen molar-refractivity contribution >= 4 is 5.69 Å². The molecule has 0 amide bonds. The van der Waals surface area contributed by atoms with Gasteiger partial charge < -0.3 is 25.8 Å². The van der Waals surface area contributed by atoms with Crippen molar-refractivity contribution in [3.8, 4) is 0 Å². The third-order valence-corrected chi connectivity index (χ3v) is 2.76. The summed E-state index contributed by atoms with van der Waals surface area (Å²) in [5, 5.41) is 28.2. The van der Waals surface area contributed by atoms with Crippen LogP contribution in [0.4, 0.5) is 5.69 Å². The maximum Gasteiger partial charge on any atom is 0.254 e. The van der Waals surface area contributed by atoms with Crippen LogP contribution in [0.15, 0.2) is 23.1 Å². The number of rotatable bonds is 2. The van der Waals surface area contributed by atoms with Crippen LogP contribution < -0.4 is 11.3 Å². The Morgan fingerprint density at radius 1 is 1.41 bits per heavy atom. The smallest absolute Gasteiger partial charge is 0.254 e. The number of aliphatic hydroxyl groups excluding tert-OH is 3. The van der Waals surface area contributed by atoms with Crippen LogP contribution >= 0.6 is 0 Å². The first-order chi connectivity index (χ1) is 8.04. The molecular weight excluding hydrogens is 228 g/mol. The zero-order valence-corrected chi connectivity index (χ0v) is 8.93. The average Bonchev–Trinajstić information content (AvgIpc) is 2.57. The van der Waals surface area contributed by atoms with Crippen LogP contribution in [0.5, 0.6) is 0 Å². The quantitative estimate of drug-likeness (QED) is 0.478. The zero-order valence-electron chi connectivity index (χ0n) is 8.93. The lowest BCUT2D eigenvalue weighted by atomic mass is 10.1. The van der Waals surface area contributed by atoms with Crippen molar-refractivity contribution in [2.45, 2.75) is 24.5 Å². The molecule has 0 unspecified atom stereocenters. The van der Waals surface area contributed by atoms with Gasteiger partial charge in [0.2, 0.25) is 0 Å². The second kappa shape index (κ2) is 4.46. The number of hydrogen-bond acceptors (Lipinski definition) is 6. The minimum atomic E-state index is -1.27. The Labute approximate surface area is 96.7 Å². The number of nitrogen functional groups attached to an aromatic ring is 1. The van der Waals surface area contributed by atoms with Gasteiger partial charge in [0.1, 0.15) is 18.3 Å². The predicted octanol–water partition coefficient (Wildman–Crippen LogP) is -1.96. The molecule has 2 rings (SSSR count). The maximum atomic E-state index is 11.6. The van der Waals surface area contributed by atoms with Gasteiger partial charge in [0.05, 0.1) is 6.61 Å². The van der Waals surface area contributed by atoms with E-state index in [1.54, 1.807) is 0 Å². The van der Waals surface area contributed by atoms with Crippen molar-refractivity contribution in [3.63, 3.8) is 0 Å². The van der Waals surface area contributed by atoms with Gasteiger partial charge in [-0.3, -0.25) is 9.36 Å². The molecule has 4 atom stereocenters. The fourth-order valence-corrected chi connectivity index (χ4v) is 1.83. The Morgan fingerprint density at radius 2 is 2.12 bits per heavy atom. The Hall–Kier alpha value is -1.41. The number of hydrogen-bond donors (Lipinski definition) is 4. The van der Waals surface area contributed by atoms with Crippen LogP contribution in [0, 0.1) is 0 Å². The molecule has 0 spiro atoms. The minimum Gasteiger partial charge on any atom is -0.399 e. The first kappa shape index (κ1) is 12.1. The summed E-state index contributed by atoms with van der Waals surface area (Å²) in [5.41, 5.74) is 5.29. The molecule has 1 fully saturated rings. The third kappa shape index (κ3) is 2.05. The van der Waals surface area contributed by atoms with E-state index in [1.807, 2.05) is 0 Å². The second-order valence-corrected chi connectivity index (χ2v) is 3.93. The summed E-state index contributed by atoms with van der Waals surface area (Å²) in [5.74, 6) is 0. The van der Waals surface area contributed by atoms with Gasteiger partial charge >= 0.3 is 0 Å². The van der Waals surface area contributed by atoms with Gasteiger partial charge in [-0.05, 0) is 6.07 Å². The number of aromatic nitrogens is 1. The van der Waals surface area contributed by atoms with Crippen molar-refractivity contribution in [2.24, 2.45) is 0 Å². The first-order valence-corrected chi connectivity index (χ1v) is 5.14. The van der Waals surface area contributed by atoms with Crippen LogP contribution in [0.3, 0.4) is 0 Å². The molecule has 1 aromatic rings. The maximum absolute atomic E-state index is 11.6. The lowest BCUT2D eigenvalue weighted by Crippen LogP contribution is -2.35. The lowest BCUT2D eigenvalue weighted by molar-refractivity contribution is -0.0543. The van der Waals surface area contributed by atoms with E-state index in [4.69, 9.17) is 15.6 Å². The van der Waals surface area contributed by atoms with Gasteiger partial charge in [-0.2, -0.15) is 0 Å². The highest BCUT2D eigenvalue weighted by Crippen LogP contribution is 2.28. The molecule has 94 valence electrons. The largest absolute Gasteiger partial charge is 0.399 e. The molecule has 1 aliphatic rings. The van der Waals surface area contributed by atoms with Crippen molar-refractivity contribution in [1.29, 1.82) is 0 Å². The molecule has 1 aromatic heterocycles. The molecule has 0 radical (unpaired) electrons. The molecule has 5 N–H and O–H groups in total. The van der Waals surface area contributed by atoms with E-state index >= 15 is 0 Å². The van der Waals surface area contributed by atoms with Crippen LogP contribution in [-0.2, 0) is 4.74 Å². The van der Waals surface area contributed by atoms with Crippen molar-refractivity contribution < 1.29 is 20.1 Å². The van der Waals surface area contributed by atoms with Gasteiger partial charge in [0.15, 0.2) is 6.23 Å². The molecule has 0 aliphatic carbocycles. The van der Waals surface area contributed by atoms with E-state index in [-0.39, 0.29) is 0 Å². The zero-order chi connectivity index (χ0) is 12.6. The van der Waals surface area contributed by atoms with Gasteiger partial charge in [-0.1, -0.05) is 0 Å². The molecule has 7 nitrogen and oxygen atoms in total. The van der Waals surface area contributed by atoms with E-state index in [0.29, 0.717) is 5.69 Å². The third-order valence-electron chi connectivity index (χ3n) is 2.76. The minimum absolute atomic E-state index is 0.304. The highest BCUT2D eigenvalue weighted by atomic mass is 16.6. The number of pyridine rings is 1. The normalized spacial score (nSPS) is 32.9. The molecule has 17 heavy (non-hydrogen) atoms. The predicted molar refractivity (Wildman–Crippen MR) is 58.1 cm³/mol. The van der Waals surface area contributed by atoms with Crippen molar-refractivity contribution in [2.75, 3.05) is 12.3 Å². The summed E-state index contributed by atoms with van der Waals surface area (Å²) in [6.07, 6.45) is -3.05. The van der Waals surface area contributed by atoms with Crippen LogP contribution in [0.2, 0.25) is 0 Å². The monoisotopic (exact) mass is 242 g/mol. The molecular formula is C10H14N2O5. The summed E-state index contributed by atoms with van der Waals surface area (Å²) >= 11 is 0. The van der Waals surface area contributed by atoms with Gasteiger partial charge in [-0.25, -0.2) is 0 Å². The molecule has 0 aromatic carbocycles. The molecule has 1 aliphatic heterocycles. The van der Waals surface area contributed by atoms with Crippen LogP contribution in [0.25, 0.3) is 0 Å². The van der Waals surface area contributed by atoms with Crippen molar-refractivity contribution in [3.05, 3.63) is 28.7 Å². The van der Waals surface area contributed by atoms with E-state index in [2.05, 4.69) is 0 Å². The number of nitrogens with zero attached hydrogens (tertiary/aromatic N) is 1. The van der Waals surface area contributed by atoms with Crippen molar-refractivity contribution in [1.82, 2.24) is 4.57 Å². The summed E-state index contributed by atoms with van der Waals surface area (Å²) in [6, 6.07) is 2.67. The average molecular weight is 242 g/mol. The van der Waals surface area contributed by atoms with Gasteiger partial charge in [0.25, 0.3) is 5.56 Å². The van der Waals surface area contributed by atoms with E-state index in [1.165, 1.54) is 18.3 Å². The lowest BCUT2D eigenvalue weighted by Gasteiger charge is -2.17. The number of nitrogens with two attached hydrogens (primary N) is 1. The fraction of sp³-hybridized carbons (Fsp3) is 0.500. The van der Waals surface area contributed by atoms with E-state index in [9.17, 15) is 15.0 Å². The van der Waals surface area contributed by atoms with Gasteiger partial charge in [0, 0.05) is 18.0 Å². The topological polar surface area (TPSA) is 118 Å². The number of anilines is 1. The standard InChI is InChI=1S/C10H14N2O5/c11-5-1-2-12(7(14)3-5)10-9(16)8(15)6(4-13)17-10/h1-3,6,8-10,13,15-16H,4,11H2/t6-,8-,9+,10+/m0/s1. The van der Waals surface area contributed by atoms with Crippen LogP contribution in [0.1, 0.15) is 6.23 Å². The van der Waals surface area contributed by atoms with Crippen LogP contribution in [-0.4, -0.2) is 44.8 Å². The van der Waals surface area contributed by atoms with E-state index in [0.717, 1.165) is 4.57 Å². The Bertz CT molecular complexity index is 460. The Morgan fingerprint density at radius 3 is 2.65 bits per heavy atom. The molecule has 0 saturated carbocycles. The Kier molecular flexibility index (Phi) is 3.16.